The topological polar surface area (TPSA) is 29.5 Å². The van der Waals surface area contributed by atoms with Gasteiger partial charge in [-0.25, -0.2) is 4.39 Å². The lowest BCUT2D eigenvalue weighted by molar-refractivity contribution is 0.275. The number of aliphatic hydroxyl groups excluding tert-OH is 1. The molecule has 17 heavy (non-hydrogen) atoms. The zero-order valence-electron chi connectivity index (χ0n) is 11.2. The molecule has 0 heterocycles. The Labute approximate surface area is 104 Å². The largest absolute Gasteiger partial charge is 0.543 e. The van der Waals surface area contributed by atoms with Crippen LogP contribution in [-0.4, -0.2) is 13.4 Å². The monoisotopic (exact) mass is 256 g/mol. The molecule has 96 valence electrons. The van der Waals surface area contributed by atoms with Gasteiger partial charge >= 0.3 is 0 Å². The van der Waals surface area contributed by atoms with E-state index in [0.717, 1.165) is 0 Å². The molecule has 0 unspecified atom stereocenters. The second-order valence-corrected chi connectivity index (χ2v) is 10.5. The second kappa shape index (κ2) is 4.78. The molecule has 0 atom stereocenters. The molecule has 0 amide bonds. The fourth-order valence-corrected chi connectivity index (χ4v) is 2.21. The quantitative estimate of drug-likeness (QED) is 0.836. The van der Waals surface area contributed by atoms with Gasteiger partial charge in [0.15, 0.2) is 0 Å². The first-order valence-corrected chi connectivity index (χ1v) is 8.66. The Morgan fingerprint density at radius 3 is 2.35 bits per heavy atom. The lowest BCUT2D eigenvalue weighted by Gasteiger charge is -2.36. The van der Waals surface area contributed by atoms with Gasteiger partial charge in [0.25, 0.3) is 0 Å². The van der Waals surface area contributed by atoms with Crippen molar-refractivity contribution in [1.82, 2.24) is 0 Å². The highest BCUT2D eigenvalue weighted by molar-refractivity contribution is 6.74. The summed E-state index contributed by atoms with van der Waals surface area (Å²) in [5, 5.41) is 9.11. The molecule has 0 aliphatic carbocycles. The van der Waals surface area contributed by atoms with Crippen LogP contribution in [0.15, 0.2) is 18.2 Å². The average molecular weight is 256 g/mol. The van der Waals surface area contributed by atoms with Crippen molar-refractivity contribution in [2.75, 3.05) is 0 Å². The first-order valence-electron chi connectivity index (χ1n) is 5.76. The molecule has 0 aromatic heterocycles. The van der Waals surface area contributed by atoms with Crippen molar-refractivity contribution in [1.29, 1.82) is 0 Å². The third-order valence-electron chi connectivity index (χ3n) is 3.37. The van der Waals surface area contributed by atoms with E-state index in [1.54, 1.807) is 12.1 Å². The predicted octanol–water partition coefficient (Wildman–Crippen LogP) is 3.70. The van der Waals surface area contributed by atoms with Crippen molar-refractivity contribution in [3.63, 3.8) is 0 Å². The number of benzene rings is 1. The van der Waals surface area contributed by atoms with Crippen LogP contribution in [0.5, 0.6) is 5.75 Å². The molecular formula is C13H21FO2Si. The molecule has 0 bridgehead atoms. The summed E-state index contributed by atoms with van der Waals surface area (Å²) in [5.74, 6) is 0.247. The van der Waals surface area contributed by atoms with Crippen molar-refractivity contribution in [3.05, 3.63) is 29.6 Å². The summed E-state index contributed by atoms with van der Waals surface area (Å²) in [4.78, 5) is 0. The first-order chi connectivity index (χ1) is 7.67. The van der Waals surface area contributed by atoms with Crippen molar-refractivity contribution < 1.29 is 13.9 Å². The van der Waals surface area contributed by atoms with Gasteiger partial charge in [-0.2, -0.15) is 0 Å². The lowest BCUT2D eigenvalue weighted by Crippen LogP contribution is -2.43. The van der Waals surface area contributed by atoms with Crippen LogP contribution in [0, 0.1) is 5.82 Å². The molecule has 0 saturated carbocycles. The summed E-state index contributed by atoms with van der Waals surface area (Å²) in [6, 6.07) is 4.54. The Morgan fingerprint density at radius 1 is 1.29 bits per heavy atom. The van der Waals surface area contributed by atoms with E-state index in [1.165, 1.54) is 6.07 Å². The molecule has 0 aliphatic rings. The van der Waals surface area contributed by atoms with Crippen molar-refractivity contribution >= 4 is 8.32 Å². The summed E-state index contributed by atoms with van der Waals surface area (Å²) in [6.45, 7) is 10.4. The third kappa shape index (κ3) is 3.29. The van der Waals surface area contributed by atoms with Gasteiger partial charge in [-0.1, -0.05) is 20.8 Å². The molecule has 2 nitrogen and oxygen atoms in total. The highest BCUT2D eigenvalue weighted by Gasteiger charge is 2.38. The molecule has 1 rings (SSSR count). The number of rotatable bonds is 3. The Bertz CT molecular complexity index is 397. The Balaban J connectivity index is 2.96. The normalized spacial score (nSPS) is 12.6. The number of hydrogen-bond donors (Lipinski definition) is 1. The van der Waals surface area contributed by atoms with Gasteiger partial charge < -0.3 is 9.53 Å². The van der Waals surface area contributed by atoms with Gasteiger partial charge in [-0.15, -0.1) is 0 Å². The fourth-order valence-electron chi connectivity index (χ4n) is 1.18. The highest BCUT2D eigenvalue weighted by Crippen LogP contribution is 2.37. The third-order valence-corrected chi connectivity index (χ3v) is 7.73. The van der Waals surface area contributed by atoms with E-state index in [0.29, 0.717) is 5.75 Å². The van der Waals surface area contributed by atoms with Crippen molar-refractivity contribution in [2.45, 2.75) is 45.5 Å². The summed E-state index contributed by atoms with van der Waals surface area (Å²) in [5.41, 5.74) is 0.279. The minimum atomic E-state index is -1.90. The van der Waals surface area contributed by atoms with Crippen LogP contribution in [0.3, 0.4) is 0 Å². The number of halogens is 1. The number of aliphatic hydroxyl groups is 1. The maximum absolute atomic E-state index is 13.2. The van der Waals surface area contributed by atoms with E-state index in [-0.39, 0.29) is 17.2 Å². The van der Waals surface area contributed by atoms with Crippen LogP contribution in [0.1, 0.15) is 26.3 Å². The Kier molecular flexibility index (Phi) is 3.99. The van der Waals surface area contributed by atoms with Crippen LogP contribution in [0.2, 0.25) is 18.1 Å². The maximum atomic E-state index is 13.2. The van der Waals surface area contributed by atoms with Gasteiger partial charge in [-0.05, 0) is 36.3 Å². The van der Waals surface area contributed by atoms with Crippen LogP contribution in [0.25, 0.3) is 0 Å². The van der Waals surface area contributed by atoms with E-state index in [2.05, 4.69) is 33.9 Å². The van der Waals surface area contributed by atoms with Gasteiger partial charge in [0.05, 0.1) is 6.61 Å². The van der Waals surface area contributed by atoms with E-state index in [4.69, 9.17) is 9.53 Å². The molecule has 4 heteroatoms. The molecule has 0 saturated heterocycles. The smallest absolute Gasteiger partial charge is 0.250 e. The first kappa shape index (κ1) is 14.2. The summed E-state index contributed by atoms with van der Waals surface area (Å²) >= 11 is 0. The molecule has 1 N–H and O–H groups in total. The van der Waals surface area contributed by atoms with E-state index in [9.17, 15) is 4.39 Å². The maximum Gasteiger partial charge on any atom is 0.250 e. The highest BCUT2D eigenvalue weighted by atomic mass is 28.4. The Morgan fingerprint density at radius 2 is 1.88 bits per heavy atom. The fraction of sp³-hybridized carbons (Fsp3) is 0.538. The molecule has 0 radical (unpaired) electrons. The SMILES string of the molecule is CC(C)(C)[Si](C)(C)Oc1ccc(F)c(CO)c1. The van der Waals surface area contributed by atoms with Crippen LogP contribution < -0.4 is 4.43 Å². The van der Waals surface area contributed by atoms with Crippen molar-refractivity contribution in [3.8, 4) is 5.75 Å². The lowest BCUT2D eigenvalue weighted by atomic mass is 10.2. The van der Waals surface area contributed by atoms with E-state index in [1.807, 2.05) is 0 Å². The van der Waals surface area contributed by atoms with Crippen LogP contribution >= 0.6 is 0 Å². The summed E-state index contributed by atoms with van der Waals surface area (Å²) in [7, 11) is -1.90. The van der Waals surface area contributed by atoms with Gasteiger partial charge in [0.2, 0.25) is 8.32 Å². The minimum absolute atomic E-state index is 0.0980. The predicted molar refractivity (Wildman–Crippen MR) is 70.1 cm³/mol. The van der Waals surface area contributed by atoms with Gasteiger partial charge in [0.1, 0.15) is 11.6 Å². The Hall–Kier alpha value is -0.873. The molecule has 1 aromatic rings. The average Bonchev–Trinajstić information content (AvgIpc) is 2.19. The van der Waals surface area contributed by atoms with E-state index < -0.39 is 14.1 Å². The molecule has 0 fully saturated rings. The number of hydrogen-bond acceptors (Lipinski definition) is 2. The van der Waals surface area contributed by atoms with Crippen LogP contribution in [-0.2, 0) is 6.61 Å². The van der Waals surface area contributed by atoms with Gasteiger partial charge in [-0.3, -0.25) is 0 Å². The molecule has 1 aromatic carbocycles. The van der Waals surface area contributed by atoms with Crippen molar-refractivity contribution in [2.24, 2.45) is 0 Å². The molecular weight excluding hydrogens is 235 g/mol. The summed E-state index contributed by atoms with van der Waals surface area (Å²) < 4.78 is 19.3. The molecule has 0 aliphatic heterocycles. The van der Waals surface area contributed by atoms with E-state index >= 15 is 0 Å². The summed E-state index contributed by atoms with van der Waals surface area (Å²) in [6.07, 6.45) is 0. The second-order valence-electron chi connectivity index (χ2n) is 5.77. The van der Waals surface area contributed by atoms with Crippen LogP contribution in [0.4, 0.5) is 4.39 Å². The molecule has 0 spiro atoms. The zero-order chi connectivity index (χ0) is 13.3. The zero-order valence-corrected chi connectivity index (χ0v) is 12.2. The minimum Gasteiger partial charge on any atom is -0.543 e. The van der Waals surface area contributed by atoms with Gasteiger partial charge in [0, 0.05) is 5.56 Å². The standard InChI is InChI=1S/C13H21FO2Si/c1-13(2,3)17(4,5)16-11-6-7-12(14)10(8-11)9-15/h6-8,15H,9H2,1-5H3.